The first-order valence-electron chi connectivity index (χ1n) is 9.79. The number of benzene rings is 1. The van der Waals surface area contributed by atoms with Crippen LogP contribution in [0, 0.1) is 6.92 Å². The van der Waals surface area contributed by atoms with Crippen LogP contribution >= 0.6 is 0 Å². The Morgan fingerprint density at radius 3 is 2.47 bits per heavy atom. The monoisotopic (exact) mass is 446 g/mol. The molecule has 1 N–H and O–H groups in total. The van der Waals surface area contributed by atoms with Gasteiger partial charge in [-0.05, 0) is 12.5 Å². The SMILES string of the molecule is Cc1nc2c(-c3ccccc3)c(C(F)(F)F)[nH]n2c(=O)c1-c1nnc(N2CCOCC2)o1. The number of alkyl halides is 3. The third kappa shape index (κ3) is 3.32. The van der Waals surface area contributed by atoms with Crippen LogP contribution in [0.5, 0.6) is 0 Å². The predicted molar refractivity (Wildman–Crippen MR) is 107 cm³/mol. The van der Waals surface area contributed by atoms with E-state index in [4.69, 9.17) is 9.15 Å². The lowest BCUT2D eigenvalue weighted by atomic mass is 10.1. The molecule has 166 valence electrons. The fraction of sp³-hybridized carbons (Fsp3) is 0.300. The fourth-order valence-electron chi connectivity index (χ4n) is 3.71. The highest BCUT2D eigenvalue weighted by atomic mass is 19.4. The molecular formula is C20H17F3N6O3. The van der Waals surface area contributed by atoms with E-state index in [0.29, 0.717) is 26.3 Å². The Balaban J connectivity index is 1.69. The van der Waals surface area contributed by atoms with E-state index >= 15 is 0 Å². The van der Waals surface area contributed by atoms with Crippen LogP contribution < -0.4 is 10.5 Å². The van der Waals surface area contributed by atoms with Crippen molar-refractivity contribution in [3.63, 3.8) is 0 Å². The van der Waals surface area contributed by atoms with E-state index in [-0.39, 0.29) is 39.9 Å². The molecule has 9 nitrogen and oxygen atoms in total. The Kier molecular flexibility index (Phi) is 4.73. The Bertz CT molecular complexity index is 1340. The molecule has 12 heteroatoms. The maximum absolute atomic E-state index is 13.8. The minimum Gasteiger partial charge on any atom is -0.403 e. The molecule has 3 aromatic heterocycles. The number of rotatable bonds is 3. The van der Waals surface area contributed by atoms with Crippen molar-refractivity contribution in [1.82, 2.24) is 24.8 Å². The quantitative estimate of drug-likeness (QED) is 0.516. The number of halogens is 3. The number of anilines is 1. The average molecular weight is 446 g/mol. The lowest BCUT2D eigenvalue weighted by Gasteiger charge is -2.24. The summed E-state index contributed by atoms with van der Waals surface area (Å²) in [7, 11) is 0. The van der Waals surface area contributed by atoms with Crippen molar-refractivity contribution in [3.8, 4) is 22.6 Å². The second kappa shape index (κ2) is 7.48. The van der Waals surface area contributed by atoms with Crippen LogP contribution in [0.4, 0.5) is 19.2 Å². The van der Waals surface area contributed by atoms with Crippen LogP contribution in [0.2, 0.25) is 0 Å². The van der Waals surface area contributed by atoms with E-state index in [1.807, 2.05) is 4.90 Å². The molecule has 1 saturated heterocycles. The van der Waals surface area contributed by atoms with E-state index in [9.17, 15) is 18.0 Å². The molecule has 5 rings (SSSR count). The number of nitrogens with one attached hydrogen (secondary N) is 1. The number of aromatic nitrogens is 5. The molecule has 0 unspecified atom stereocenters. The summed E-state index contributed by atoms with van der Waals surface area (Å²) in [5.41, 5.74) is -1.78. The highest BCUT2D eigenvalue weighted by Gasteiger charge is 2.38. The molecule has 4 heterocycles. The molecule has 1 aliphatic rings. The summed E-state index contributed by atoms with van der Waals surface area (Å²) in [6, 6.07) is 8.19. The van der Waals surface area contributed by atoms with E-state index in [2.05, 4.69) is 20.3 Å². The molecule has 4 aromatic rings. The molecule has 1 fully saturated rings. The number of H-pyrrole nitrogens is 1. The van der Waals surface area contributed by atoms with Gasteiger partial charge in [-0.3, -0.25) is 9.89 Å². The number of aryl methyl sites for hydroxylation is 1. The summed E-state index contributed by atoms with van der Waals surface area (Å²) >= 11 is 0. The zero-order chi connectivity index (χ0) is 22.5. The van der Waals surface area contributed by atoms with E-state index < -0.39 is 17.4 Å². The van der Waals surface area contributed by atoms with Crippen molar-refractivity contribution >= 4 is 11.7 Å². The lowest BCUT2D eigenvalue weighted by molar-refractivity contribution is -0.140. The van der Waals surface area contributed by atoms with Gasteiger partial charge in [-0.25, -0.2) is 4.98 Å². The summed E-state index contributed by atoms with van der Waals surface area (Å²) < 4.78 is 53.1. The average Bonchev–Trinajstić information content (AvgIpc) is 3.40. The van der Waals surface area contributed by atoms with Gasteiger partial charge in [0.2, 0.25) is 0 Å². The predicted octanol–water partition coefficient (Wildman–Crippen LogP) is 2.90. The molecule has 1 aliphatic heterocycles. The Hall–Kier alpha value is -3.67. The molecule has 0 saturated carbocycles. The van der Waals surface area contributed by atoms with Gasteiger partial charge in [0, 0.05) is 13.1 Å². The minimum absolute atomic E-state index is 0.0657. The van der Waals surface area contributed by atoms with Crippen molar-refractivity contribution in [2.75, 3.05) is 31.2 Å². The second-order valence-corrected chi connectivity index (χ2v) is 7.25. The normalized spacial score (nSPS) is 14.9. The molecule has 0 atom stereocenters. The van der Waals surface area contributed by atoms with Crippen molar-refractivity contribution in [2.24, 2.45) is 0 Å². The maximum Gasteiger partial charge on any atom is 0.433 e. The standard InChI is InChI=1S/C20H17F3N6O3/c1-11-13(17-25-26-19(32-17)28-7-9-31-10-8-28)18(30)29-16(24-11)14(12-5-3-2-4-6-12)15(27-29)20(21,22)23/h2-6,27H,7-10H2,1H3. The van der Waals surface area contributed by atoms with Crippen LogP contribution in [0.25, 0.3) is 28.2 Å². The number of aromatic amines is 1. The Morgan fingerprint density at radius 1 is 1.06 bits per heavy atom. The van der Waals surface area contributed by atoms with Gasteiger partial charge in [0.15, 0.2) is 5.65 Å². The first-order chi connectivity index (χ1) is 15.3. The van der Waals surface area contributed by atoms with Crippen LogP contribution in [0.1, 0.15) is 11.4 Å². The molecule has 0 radical (unpaired) electrons. The molecule has 0 aliphatic carbocycles. The fourth-order valence-corrected chi connectivity index (χ4v) is 3.71. The highest BCUT2D eigenvalue weighted by Crippen LogP contribution is 2.38. The van der Waals surface area contributed by atoms with Crippen LogP contribution in [-0.4, -0.2) is 51.1 Å². The summed E-state index contributed by atoms with van der Waals surface area (Å²) in [5, 5.41) is 10.1. The number of fused-ring (bicyclic) bond motifs is 1. The van der Waals surface area contributed by atoms with Gasteiger partial charge in [-0.15, -0.1) is 5.10 Å². The first-order valence-corrected chi connectivity index (χ1v) is 9.79. The largest absolute Gasteiger partial charge is 0.433 e. The summed E-state index contributed by atoms with van der Waals surface area (Å²) in [4.78, 5) is 19.3. The molecular weight excluding hydrogens is 429 g/mol. The number of nitrogens with zero attached hydrogens (tertiary/aromatic N) is 5. The van der Waals surface area contributed by atoms with Crippen LogP contribution in [-0.2, 0) is 10.9 Å². The number of hydrogen-bond donors (Lipinski definition) is 1. The minimum atomic E-state index is -4.73. The number of hydrogen-bond acceptors (Lipinski definition) is 7. The topological polar surface area (TPSA) is 102 Å². The zero-order valence-electron chi connectivity index (χ0n) is 16.8. The molecule has 0 spiro atoms. The van der Waals surface area contributed by atoms with Crippen molar-refractivity contribution in [2.45, 2.75) is 13.1 Å². The van der Waals surface area contributed by atoms with Gasteiger partial charge in [-0.1, -0.05) is 35.4 Å². The van der Waals surface area contributed by atoms with Crippen LogP contribution in [0.15, 0.2) is 39.5 Å². The van der Waals surface area contributed by atoms with Crippen molar-refractivity contribution in [1.29, 1.82) is 0 Å². The molecule has 32 heavy (non-hydrogen) atoms. The third-order valence-electron chi connectivity index (χ3n) is 5.22. The van der Waals surface area contributed by atoms with Gasteiger partial charge < -0.3 is 14.1 Å². The molecule has 1 aromatic carbocycles. The van der Waals surface area contributed by atoms with E-state index in [0.717, 1.165) is 4.52 Å². The van der Waals surface area contributed by atoms with Crippen molar-refractivity contribution in [3.05, 3.63) is 52.1 Å². The number of ether oxygens (including phenoxy) is 1. The van der Waals surface area contributed by atoms with Gasteiger partial charge >= 0.3 is 12.2 Å². The highest BCUT2D eigenvalue weighted by molar-refractivity contribution is 5.81. The maximum atomic E-state index is 13.8. The van der Waals surface area contributed by atoms with Crippen LogP contribution in [0.3, 0.4) is 0 Å². The lowest BCUT2D eigenvalue weighted by Crippen LogP contribution is -2.36. The summed E-state index contributed by atoms with van der Waals surface area (Å²) in [5.74, 6) is -0.111. The second-order valence-electron chi connectivity index (χ2n) is 7.25. The Morgan fingerprint density at radius 2 is 1.78 bits per heavy atom. The number of morpholine rings is 1. The van der Waals surface area contributed by atoms with E-state index in [1.54, 1.807) is 18.2 Å². The molecule has 0 amide bonds. The van der Waals surface area contributed by atoms with Crippen molar-refractivity contribution < 1.29 is 22.3 Å². The van der Waals surface area contributed by atoms with Gasteiger partial charge in [0.1, 0.15) is 11.3 Å². The Labute approximate surface area is 178 Å². The van der Waals surface area contributed by atoms with E-state index in [1.165, 1.54) is 19.1 Å². The van der Waals surface area contributed by atoms with Gasteiger partial charge in [0.25, 0.3) is 11.4 Å². The summed E-state index contributed by atoms with van der Waals surface area (Å²) in [6.45, 7) is 3.60. The smallest absolute Gasteiger partial charge is 0.403 e. The third-order valence-corrected chi connectivity index (χ3v) is 5.22. The van der Waals surface area contributed by atoms with Gasteiger partial charge in [-0.2, -0.15) is 17.7 Å². The molecule has 0 bridgehead atoms. The first kappa shape index (κ1) is 20.2. The zero-order valence-corrected chi connectivity index (χ0v) is 16.8. The summed E-state index contributed by atoms with van der Waals surface area (Å²) in [6.07, 6.45) is -4.73. The van der Waals surface area contributed by atoms with Gasteiger partial charge in [0.05, 0.1) is 24.5 Å².